The Morgan fingerprint density at radius 2 is 2.07 bits per heavy atom. The molecule has 2 atom stereocenters. The molecule has 0 rings (SSSR count). The van der Waals surface area contributed by atoms with E-state index in [0.717, 1.165) is 19.4 Å². The molecule has 0 fully saturated rings. The lowest BCUT2D eigenvalue weighted by Crippen LogP contribution is -2.46. The number of carbonyl (C=O) groups is 1. The Labute approximate surface area is 92.4 Å². The van der Waals surface area contributed by atoms with Crippen LogP contribution in [0.3, 0.4) is 0 Å². The SMILES string of the molecule is CCCNC(=O)C(C)NC(CC)CCO. The van der Waals surface area contributed by atoms with E-state index in [1.54, 1.807) is 0 Å². The Kier molecular flexibility index (Phi) is 8.33. The summed E-state index contributed by atoms with van der Waals surface area (Å²) in [6, 6.07) is 0.0328. The van der Waals surface area contributed by atoms with E-state index in [2.05, 4.69) is 10.6 Å². The van der Waals surface area contributed by atoms with Crippen LogP contribution in [0, 0.1) is 0 Å². The maximum Gasteiger partial charge on any atom is 0.236 e. The normalized spacial score (nSPS) is 14.7. The first kappa shape index (κ1) is 14.4. The minimum atomic E-state index is -0.187. The van der Waals surface area contributed by atoms with E-state index in [-0.39, 0.29) is 24.6 Å². The molecular formula is C11H24N2O2. The summed E-state index contributed by atoms with van der Waals surface area (Å²) in [5.41, 5.74) is 0. The molecule has 0 aliphatic heterocycles. The molecule has 0 saturated carbocycles. The minimum absolute atomic E-state index is 0.0354. The Balaban J connectivity index is 3.86. The molecule has 0 spiro atoms. The molecule has 0 saturated heterocycles. The molecule has 0 bridgehead atoms. The van der Waals surface area contributed by atoms with Crippen molar-refractivity contribution in [1.29, 1.82) is 0 Å². The van der Waals surface area contributed by atoms with Crippen molar-refractivity contribution < 1.29 is 9.90 Å². The average molecular weight is 216 g/mol. The van der Waals surface area contributed by atoms with Crippen LogP contribution < -0.4 is 10.6 Å². The number of nitrogens with one attached hydrogen (secondary N) is 2. The van der Waals surface area contributed by atoms with Gasteiger partial charge in [-0.3, -0.25) is 4.79 Å². The molecule has 15 heavy (non-hydrogen) atoms. The van der Waals surface area contributed by atoms with Crippen molar-refractivity contribution in [2.75, 3.05) is 13.2 Å². The lowest BCUT2D eigenvalue weighted by Gasteiger charge is -2.21. The van der Waals surface area contributed by atoms with Crippen LogP contribution >= 0.6 is 0 Å². The second kappa shape index (κ2) is 8.68. The fourth-order valence-electron chi connectivity index (χ4n) is 1.39. The Morgan fingerprint density at radius 1 is 1.40 bits per heavy atom. The highest BCUT2D eigenvalue weighted by Gasteiger charge is 2.15. The van der Waals surface area contributed by atoms with Crippen LogP contribution in [0.5, 0.6) is 0 Å². The average Bonchev–Trinajstić information content (AvgIpc) is 2.24. The zero-order chi connectivity index (χ0) is 11.7. The fraction of sp³-hybridized carbons (Fsp3) is 0.909. The first-order valence-electron chi connectivity index (χ1n) is 5.80. The van der Waals surface area contributed by atoms with E-state index < -0.39 is 0 Å². The summed E-state index contributed by atoms with van der Waals surface area (Å²) in [4.78, 5) is 11.5. The largest absolute Gasteiger partial charge is 0.396 e. The number of amides is 1. The van der Waals surface area contributed by atoms with Crippen LogP contribution in [0.1, 0.15) is 40.0 Å². The number of carbonyl (C=O) groups excluding carboxylic acids is 1. The van der Waals surface area contributed by atoms with Gasteiger partial charge in [0.1, 0.15) is 0 Å². The van der Waals surface area contributed by atoms with Gasteiger partial charge < -0.3 is 15.7 Å². The van der Waals surface area contributed by atoms with Crippen LogP contribution in [0.2, 0.25) is 0 Å². The molecule has 0 aliphatic rings. The third-order valence-corrected chi connectivity index (χ3v) is 2.40. The zero-order valence-electron chi connectivity index (χ0n) is 10.0. The zero-order valence-corrected chi connectivity index (χ0v) is 10.0. The van der Waals surface area contributed by atoms with Crippen LogP contribution in [0.4, 0.5) is 0 Å². The number of hydrogen-bond donors (Lipinski definition) is 3. The molecular weight excluding hydrogens is 192 g/mol. The number of aliphatic hydroxyl groups excluding tert-OH is 1. The second-order valence-corrected chi connectivity index (χ2v) is 3.80. The molecule has 0 heterocycles. The summed E-state index contributed by atoms with van der Waals surface area (Å²) in [5, 5.41) is 14.9. The van der Waals surface area contributed by atoms with Gasteiger partial charge in [0.2, 0.25) is 5.91 Å². The van der Waals surface area contributed by atoms with Gasteiger partial charge >= 0.3 is 0 Å². The fourth-order valence-corrected chi connectivity index (χ4v) is 1.39. The standard InChI is InChI=1S/C11H24N2O2/c1-4-7-12-11(15)9(3)13-10(5-2)6-8-14/h9-10,13-14H,4-8H2,1-3H3,(H,12,15). The molecule has 1 amide bonds. The van der Waals surface area contributed by atoms with Crippen molar-refractivity contribution in [3.05, 3.63) is 0 Å². The summed E-state index contributed by atoms with van der Waals surface area (Å²) in [6.07, 6.45) is 2.57. The van der Waals surface area contributed by atoms with E-state index in [0.29, 0.717) is 6.42 Å². The summed E-state index contributed by atoms with van der Waals surface area (Å²) >= 11 is 0. The van der Waals surface area contributed by atoms with Crippen LogP contribution in [-0.4, -0.2) is 36.2 Å². The van der Waals surface area contributed by atoms with E-state index in [1.165, 1.54) is 0 Å². The molecule has 90 valence electrons. The number of rotatable bonds is 8. The van der Waals surface area contributed by atoms with Gasteiger partial charge in [-0.2, -0.15) is 0 Å². The second-order valence-electron chi connectivity index (χ2n) is 3.80. The highest BCUT2D eigenvalue weighted by atomic mass is 16.3. The topological polar surface area (TPSA) is 61.4 Å². The minimum Gasteiger partial charge on any atom is -0.396 e. The van der Waals surface area contributed by atoms with Crippen LogP contribution in [-0.2, 0) is 4.79 Å². The van der Waals surface area contributed by atoms with Crippen molar-refractivity contribution in [3.8, 4) is 0 Å². The molecule has 0 aromatic rings. The molecule has 0 aromatic carbocycles. The first-order valence-corrected chi connectivity index (χ1v) is 5.80. The van der Waals surface area contributed by atoms with Gasteiger partial charge in [-0.25, -0.2) is 0 Å². The predicted molar refractivity (Wildman–Crippen MR) is 61.7 cm³/mol. The molecule has 0 aromatic heterocycles. The van der Waals surface area contributed by atoms with Gasteiger partial charge in [0.25, 0.3) is 0 Å². The Bertz CT molecular complexity index is 174. The van der Waals surface area contributed by atoms with Crippen LogP contribution in [0.15, 0.2) is 0 Å². The van der Waals surface area contributed by atoms with Gasteiger partial charge in [-0.15, -0.1) is 0 Å². The predicted octanol–water partition coefficient (Wildman–Crippen LogP) is 0.652. The van der Waals surface area contributed by atoms with E-state index in [4.69, 9.17) is 5.11 Å². The van der Waals surface area contributed by atoms with Crippen LogP contribution in [0.25, 0.3) is 0 Å². The smallest absolute Gasteiger partial charge is 0.236 e. The van der Waals surface area contributed by atoms with E-state index in [9.17, 15) is 4.79 Å². The van der Waals surface area contributed by atoms with E-state index in [1.807, 2.05) is 20.8 Å². The quantitative estimate of drug-likeness (QED) is 0.558. The molecule has 0 aliphatic carbocycles. The lowest BCUT2D eigenvalue weighted by atomic mass is 10.1. The Hall–Kier alpha value is -0.610. The highest BCUT2D eigenvalue weighted by molar-refractivity contribution is 5.81. The van der Waals surface area contributed by atoms with Gasteiger partial charge in [-0.1, -0.05) is 13.8 Å². The molecule has 4 nitrogen and oxygen atoms in total. The highest BCUT2D eigenvalue weighted by Crippen LogP contribution is 1.98. The van der Waals surface area contributed by atoms with E-state index >= 15 is 0 Å². The van der Waals surface area contributed by atoms with Crippen molar-refractivity contribution >= 4 is 5.91 Å². The van der Waals surface area contributed by atoms with Gasteiger partial charge in [0, 0.05) is 19.2 Å². The maximum atomic E-state index is 11.5. The van der Waals surface area contributed by atoms with Crippen molar-refractivity contribution in [3.63, 3.8) is 0 Å². The van der Waals surface area contributed by atoms with Gasteiger partial charge in [0.05, 0.1) is 6.04 Å². The third kappa shape index (κ3) is 6.47. The number of hydrogen-bond acceptors (Lipinski definition) is 3. The Morgan fingerprint density at radius 3 is 2.53 bits per heavy atom. The van der Waals surface area contributed by atoms with Crippen molar-refractivity contribution in [2.24, 2.45) is 0 Å². The van der Waals surface area contributed by atoms with Crippen molar-refractivity contribution in [1.82, 2.24) is 10.6 Å². The molecule has 3 N–H and O–H groups in total. The lowest BCUT2D eigenvalue weighted by molar-refractivity contribution is -0.123. The summed E-state index contributed by atoms with van der Waals surface area (Å²) in [5.74, 6) is 0.0354. The van der Waals surface area contributed by atoms with Gasteiger partial charge in [-0.05, 0) is 26.2 Å². The summed E-state index contributed by atoms with van der Waals surface area (Å²) < 4.78 is 0. The number of aliphatic hydroxyl groups is 1. The summed E-state index contributed by atoms with van der Waals surface area (Å²) in [6.45, 7) is 6.81. The first-order chi connectivity index (χ1) is 7.15. The maximum absolute atomic E-state index is 11.5. The molecule has 2 unspecified atom stereocenters. The monoisotopic (exact) mass is 216 g/mol. The summed E-state index contributed by atoms with van der Waals surface area (Å²) in [7, 11) is 0. The molecule has 0 radical (unpaired) electrons. The third-order valence-electron chi connectivity index (χ3n) is 2.40. The van der Waals surface area contributed by atoms with Crippen molar-refractivity contribution in [2.45, 2.75) is 52.1 Å². The van der Waals surface area contributed by atoms with Gasteiger partial charge in [0.15, 0.2) is 0 Å². The molecule has 4 heteroatoms.